The molecule has 0 amide bonds. The van der Waals surface area contributed by atoms with Gasteiger partial charge in [-0.2, -0.15) is 13.2 Å². The SMILES string of the molecule is NC1CC(F)(CCC(F)(F)F)C1. The van der Waals surface area contributed by atoms with Gasteiger partial charge in [0.05, 0.1) is 0 Å². The first-order chi connectivity index (χ1) is 5.31. The normalized spacial score (nSPS) is 36.2. The third kappa shape index (κ3) is 2.62. The minimum absolute atomic E-state index is 0.0725. The largest absolute Gasteiger partial charge is 0.389 e. The van der Waals surface area contributed by atoms with Crippen LogP contribution in [0.2, 0.25) is 0 Å². The van der Waals surface area contributed by atoms with Crippen molar-refractivity contribution in [2.45, 2.75) is 43.6 Å². The van der Waals surface area contributed by atoms with E-state index in [9.17, 15) is 17.6 Å². The van der Waals surface area contributed by atoms with Gasteiger partial charge in [0.15, 0.2) is 0 Å². The predicted molar refractivity (Wildman–Crippen MR) is 36.3 cm³/mol. The van der Waals surface area contributed by atoms with Crippen LogP contribution < -0.4 is 5.73 Å². The Morgan fingerprint density at radius 2 is 1.83 bits per heavy atom. The summed E-state index contributed by atoms with van der Waals surface area (Å²) < 4.78 is 48.0. The molecule has 1 saturated carbocycles. The predicted octanol–water partition coefficient (Wildman–Crippen LogP) is 2.16. The van der Waals surface area contributed by atoms with E-state index in [-0.39, 0.29) is 18.9 Å². The van der Waals surface area contributed by atoms with Gasteiger partial charge in [-0.3, -0.25) is 0 Å². The van der Waals surface area contributed by atoms with Crippen molar-refractivity contribution >= 4 is 0 Å². The maximum Gasteiger partial charge on any atom is 0.389 e. The van der Waals surface area contributed by atoms with Gasteiger partial charge in [-0.05, 0) is 19.3 Å². The molecular weight excluding hydrogens is 174 g/mol. The molecule has 1 fully saturated rings. The highest BCUT2D eigenvalue weighted by molar-refractivity contribution is 4.97. The summed E-state index contributed by atoms with van der Waals surface area (Å²) in [6.07, 6.45) is -5.59. The lowest BCUT2D eigenvalue weighted by Crippen LogP contribution is -2.48. The average Bonchev–Trinajstić information content (AvgIpc) is 1.79. The van der Waals surface area contributed by atoms with Gasteiger partial charge in [-0.15, -0.1) is 0 Å². The minimum Gasteiger partial charge on any atom is -0.327 e. The van der Waals surface area contributed by atoms with E-state index in [1.807, 2.05) is 0 Å². The fraction of sp³-hybridized carbons (Fsp3) is 1.00. The van der Waals surface area contributed by atoms with Gasteiger partial charge in [0.1, 0.15) is 5.67 Å². The van der Waals surface area contributed by atoms with Gasteiger partial charge in [0.2, 0.25) is 0 Å². The summed E-state index contributed by atoms with van der Waals surface area (Å²) in [5.74, 6) is 0. The van der Waals surface area contributed by atoms with Crippen molar-refractivity contribution in [2.24, 2.45) is 5.73 Å². The number of hydrogen-bond acceptors (Lipinski definition) is 1. The van der Waals surface area contributed by atoms with Crippen molar-refractivity contribution in [3.8, 4) is 0 Å². The Balaban J connectivity index is 2.24. The Kier molecular flexibility index (Phi) is 2.33. The molecule has 0 bridgehead atoms. The van der Waals surface area contributed by atoms with Gasteiger partial charge in [0, 0.05) is 12.5 Å². The monoisotopic (exact) mass is 185 g/mol. The van der Waals surface area contributed by atoms with Gasteiger partial charge >= 0.3 is 6.18 Å². The molecule has 0 radical (unpaired) electrons. The fourth-order valence-electron chi connectivity index (χ4n) is 1.45. The van der Waals surface area contributed by atoms with Crippen LogP contribution in [0, 0.1) is 0 Å². The zero-order valence-electron chi connectivity index (χ0n) is 6.49. The summed E-state index contributed by atoms with van der Waals surface area (Å²) in [5, 5.41) is 0. The van der Waals surface area contributed by atoms with Crippen LogP contribution in [0.4, 0.5) is 17.6 Å². The maximum atomic E-state index is 13.1. The lowest BCUT2D eigenvalue weighted by molar-refractivity contribution is -0.146. The third-order valence-corrected chi connectivity index (χ3v) is 2.11. The van der Waals surface area contributed by atoms with Crippen LogP contribution in [-0.2, 0) is 0 Å². The lowest BCUT2D eigenvalue weighted by Gasteiger charge is -2.39. The van der Waals surface area contributed by atoms with E-state index in [1.54, 1.807) is 0 Å². The molecule has 0 atom stereocenters. The second-order valence-corrected chi connectivity index (χ2v) is 3.43. The van der Waals surface area contributed by atoms with Crippen molar-refractivity contribution in [1.29, 1.82) is 0 Å². The number of halogens is 4. The molecule has 0 aromatic heterocycles. The van der Waals surface area contributed by atoms with Crippen molar-refractivity contribution in [3.63, 3.8) is 0 Å². The first-order valence-electron chi connectivity index (χ1n) is 3.82. The molecule has 0 spiro atoms. The van der Waals surface area contributed by atoms with Crippen LogP contribution in [0.15, 0.2) is 0 Å². The minimum atomic E-state index is -4.25. The molecule has 0 unspecified atom stereocenters. The van der Waals surface area contributed by atoms with Crippen LogP contribution >= 0.6 is 0 Å². The van der Waals surface area contributed by atoms with Gasteiger partial charge in [0.25, 0.3) is 0 Å². The number of alkyl halides is 4. The molecule has 0 aromatic carbocycles. The lowest BCUT2D eigenvalue weighted by atomic mass is 9.75. The van der Waals surface area contributed by atoms with E-state index in [1.165, 1.54) is 0 Å². The molecule has 0 aliphatic heterocycles. The Labute approximate surface area is 67.9 Å². The molecule has 1 rings (SSSR count). The Hall–Kier alpha value is -0.320. The molecule has 1 nitrogen and oxygen atoms in total. The van der Waals surface area contributed by atoms with Crippen LogP contribution in [0.25, 0.3) is 0 Å². The van der Waals surface area contributed by atoms with E-state index < -0.39 is 24.7 Å². The standard InChI is InChI=1S/C7H11F4N/c8-6(3-5(12)4-6)1-2-7(9,10)11/h5H,1-4,12H2. The second-order valence-electron chi connectivity index (χ2n) is 3.43. The molecule has 1 aliphatic rings. The molecule has 2 N–H and O–H groups in total. The quantitative estimate of drug-likeness (QED) is 0.655. The molecule has 72 valence electrons. The summed E-state index contributed by atoms with van der Waals surface area (Å²) >= 11 is 0. The smallest absolute Gasteiger partial charge is 0.327 e. The van der Waals surface area contributed by atoms with E-state index in [0.717, 1.165) is 0 Å². The Bertz CT molecular complexity index is 159. The second kappa shape index (κ2) is 2.87. The number of hydrogen-bond donors (Lipinski definition) is 1. The highest BCUT2D eigenvalue weighted by atomic mass is 19.4. The zero-order valence-corrected chi connectivity index (χ0v) is 6.49. The average molecular weight is 185 g/mol. The highest BCUT2D eigenvalue weighted by Crippen LogP contribution is 2.41. The molecule has 5 heteroatoms. The van der Waals surface area contributed by atoms with Gasteiger partial charge in [-0.1, -0.05) is 0 Å². The Morgan fingerprint density at radius 3 is 2.17 bits per heavy atom. The first kappa shape index (κ1) is 9.77. The van der Waals surface area contributed by atoms with Crippen LogP contribution in [-0.4, -0.2) is 17.9 Å². The third-order valence-electron chi connectivity index (χ3n) is 2.11. The summed E-state index contributed by atoms with van der Waals surface area (Å²) in [6.45, 7) is 0. The Morgan fingerprint density at radius 1 is 1.33 bits per heavy atom. The molecular formula is C7H11F4N. The number of nitrogens with two attached hydrogens (primary N) is 1. The van der Waals surface area contributed by atoms with Crippen molar-refractivity contribution in [3.05, 3.63) is 0 Å². The van der Waals surface area contributed by atoms with Crippen molar-refractivity contribution in [1.82, 2.24) is 0 Å². The van der Waals surface area contributed by atoms with Crippen LogP contribution in [0.1, 0.15) is 25.7 Å². The number of rotatable bonds is 2. The van der Waals surface area contributed by atoms with E-state index in [2.05, 4.69) is 0 Å². The fourth-order valence-corrected chi connectivity index (χ4v) is 1.45. The molecule has 0 saturated heterocycles. The van der Waals surface area contributed by atoms with E-state index in [0.29, 0.717) is 0 Å². The van der Waals surface area contributed by atoms with Crippen LogP contribution in [0.5, 0.6) is 0 Å². The summed E-state index contributed by atoms with van der Waals surface area (Å²) in [5.41, 5.74) is 3.63. The molecule has 12 heavy (non-hydrogen) atoms. The molecule has 0 heterocycles. The van der Waals surface area contributed by atoms with E-state index >= 15 is 0 Å². The summed E-state index contributed by atoms with van der Waals surface area (Å²) in [4.78, 5) is 0. The van der Waals surface area contributed by atoms with Crippen LogP contribution in [0.3, 0.4) is 0 Å². The maximum absolute atomic E-state index is 13.1. The highest BCUT2D eigenvalue weighted by Gasteiger charge is 2.45. The first-order valence-corrected chi connectivity index (χ1v) is 3.82. The molecule has 1 aliphatic carbocycles. The van der Waals surface area contributed by atoms with E-state index in [4.69, 9.17) is 5.73 Å². The zero-order chi connectivity index (χ0) is 9.41. The van der Waals surface area contributed by atoms with Gasteiger partial charge < -0.3 is 5.73 Å². The summed E-state index contributed by atoms with van der Waals surface area (Å²) in [7, 11) is 0. The van der Waals surface area contributed by atoms with Gasteiger partial charge in [-0.25, -0.2) is 4.39 Å². The summed E-state index contributed by atoms with van der Waals surface area (Å²) in [6, 6.07) is -0.247. The topological polar surface area (TPSA) is 26.0 Å². The molecule has 0 aromatic rings. The van der Waals surface area contributed by atoms with Crippen molar-refractivity contribution in [2.75, 3.05) is 0 Å². The van der Waals surface area contributed by atoms with Crippen molar-refractivity contribution < 1.29 is 17.6 Å².